The normalized spacial score (nSPS) is 13.4. The molecule has 8 heteroatoms. The lowest BCUT2D eigenvalue weighted by atomic mass is 10.1. The van der Waals surface area contributed by atoms with Crippen molar-refractivity contribution in [1.82, 2.24) is 5.32 Å². The lowest BCUT2D eigenvalue weighted by Gasteiger charge is -2.16. The van der Waals surface area contributed by atoms with Gasteiger partial charge in [-0.3, -0.25) is 10.1 Å². The second-order valence-corrected chi connectivity index (χ2v) is 3.87. The zero-order chi connectivity index (χ0) is 13.9. The summed E-state index contributed by atoms with van der Waals surface area (Å²) in [7, 11) is 0. The smallest absolute Gasteiger partial charge is 0.401 e. The predicted molar refractivity (Wildman–Crippen MR) is 55.8 cm³/mol. The molecule has 1 aromatic rings. The molecule has 0 fully saturated rings. The van der Waals surface area contributed by atoms with Crippen LogP contribution in [0.2, 0.25) is 5.02 Å². The van der Waals surface area contributed by atoms with Gasteiger partial charge in [0.15, 0.2) is 0 Å². The molecule has 0 aliphatic heterocycles. The van der Waals surface area contributed by atoms with Gasteiger partial charge in [-0.1, -0.05) is 17.7 Å². The SMILES string of the molecule is O=C(O)C(NCC(F)(F)F)c1ccc(Cl)cc1F. The Labute approximate surface area is 104 Å². The minimum absolute atomic E-state index is 0.0243. The number of nitrogens with one attached hydrogen (secondary N) is 1. The molecular weight excluding hydrogens is 278 g/mol. The van der Waals surface area contributed by atoms with Gasteiger partial charge in [0.05, 0.1) is 6.54 Å². The minimum atomic E-state index is -4.59. The molecule has 0 spiro atoms. The van der Waals surface area contributed by atoms with E-state index in [1.54, 1.807) is 5.32 Å². The third kappa shape index (κ3) is 4.15. The molecule has 0 bridgehead atoms. The summed E-state index contributed by atoms with van der Waals surface area (Å²) in [4.78, 5) is 10.8. The highest BCUT2D eigenvalue weighted by atomic mass is 35.5. The standard InChI is InChI=1S/C10H8ClF4NO2/c11-5-1-2-6(7(12)3-5)8(9(17)18)16-4-10(13,14)15/h1-3,8,16H,4H2,(H,17,18). The van der Waals surface area contributed by atoms with E-state index < -0.39 is 36.1 Å². The van der Waals surface area contributed by atoms with E-state index in [1.807, 2.05) is 0 Å². The van der Waals surface area contributed by atoms with Gasteiger partial charge >= 0.3 is 12.1 Å². The van der Waals surface area contributed by atoms with Crippen LogP contribution in [0.4, 0.5) is 17.6 Å². The van der Waals surface area contributed by atoms with E-state index in [0.29, 0.717) is 0 Å². The van der Waals surface area contributed by atoms with Gasteiger partial charge in [-0.25, -0.2) is 4.39 Å². The summed E-state index contributed by atoms with van der Waals surface area (Å²) in [6, 6.07) is 1.27. The van der Waals surface area contributed by atoms with Crippen LogP contribution in [-0.4, -0.2) is 23.8 Å². The average molecular weight is 286 g/mol. The Morgan fingerprint density at radius 3 is 2.50 bits per heavy atom. The van der Waals surface area contributed by atoms with Crippen molar-refractivity contribution < 1.29 is 27.5 Å². The van der Waals surface area contributed by atoms with Crippen molar-refractivity contribution in [1.29, 1.82) is 0 Å². The Balaban J connectivity index is 2.95. The van der Waals surface area contributed by atoms with Crippen LogP contribution < -0.4 is 5.32 Å². The van der Waals surface area contributed by atoms with Crippen LogP contribution in [0, 0.1) is 5.82 Å². The van der Waals surface area contributed by atoms with E-state index in [4.69, 9.17) is 16.7 Å². The van der Waals surface area contributed by atoms with Crippen molar-refractivity contribution in [2.24, 2.45) is 0 Å². The molecule has 0 saturated carbocycles. The van der Waals surface area contributed by atoms with Gasteiger partial charge in [-0.15, -0.1) is 0 Å². The molecule has 0 aliphatic rings. The second kappa shape index (κ2) is 5.53. The molecular formula is C10H8ClF4NO2. The van der Waals surface area contributed by atoms with E-state index in [2.05, 4.69) is 0 Å². The molecule has 3 nitrogen and oxygen atoms in total. The van der Waals surface area contributed by atoms with Crippen LogP contribution in [0.3, 0.4) is 0 Å². The van der Waals surface area contributed by atoms with Gasteiger partial charge < -0.3 is 5.11 Å². The quantitative estimate of drug-likeness (QED) is 0.836. The maximum absolute atomic E-state index is 13.4. The summed E-state index contributed by atoms with van der Waals surface area (Å²) in [6.07, 6.45) is -4.59. The minimum Gasteiger partial charge on any atom is -0.480 e. The molecule has 0 amide bonds. The fourth-order valence-corrected chi connectivity index (χ4v) is 1.44. The highest BCUT2D eigenvalue weighted by molar-refractivity contribution is 6.30. The highest BCUT2D eigenvalue weighted by Gasteiger charge is 2.31. The molecule has 0 aromatic heterocycles. The van der Waals surface area contributed by atoms with Crippen LogP contribution >= 0.6 is 11.6 Å². The summed E-state index contributed by atoms with van der Waals surface area (Å²) >= 11 is 5.46. The number of aliphatic carboxylic acids is 1. The van der Waals surface area contributed by atoms with Crippen molar-refractivity contribution in [3.63, 3.8) is 0 Å². The van der Waals surface area contributed by atoms with Gasteiger partial charge in [0.25, 0.3) is 0 Å². The highest BCUT2D eigenvalue weighted by Crippen LogP contribution is 2.22. The Morgan fingerprint density at radius 1 is 1.44 bits per heavy atom. The Kier molecular flexibility index (Phi) is 4.53. The van der Waals surface area contributed by atoms with Gasteiger partial charge in [0, 0.05) is 10.6 Å². The molecule has 0 heterocycles. The number of carbonyl (C=O) groups is 1. The number of alkyl halides is 3. The van der Waals surface area contributed by atoms with Crippen molar-refractivity contribution in [3.05, 3.63) is 34.6 Å². The lowest BCUT2D eigenvalue weighted by Crippen LogP contribution is -2.36. The maximum Gasteiger partial charge on any atom is 0.401 e. The van der Waals surface area contributed by atoms with E-state index in [9.17, 15) is 22.4 Å². The number of hydrogen-bond acceptors (Lipinski definition) is 2. The van der Waals surface area contributed by atoms with Crippen LogP contribution in [0.5, 0.6) is 0 Å². The Hall–Kier alpha value is -1.34. The molecule has 0 aliphatic carbocycles. The molecule has 1 rings (SSSR count). The summed E-state index contributed by atoms with van der Waals surface area (Å²) < 4.78 is 49.4. The van der Waals surface area contributed by atoms with Crippen LogP contribution in [0.25, 0.3) is 0 Å². The fourth-order valence-electron chi connectivity index (χ4n) is 1.28. The predicted octanol–water partition coefficient (Wildman–Crippen LogP) is 2.76. The topological polar surface area (TPSA) is 49.3 Å². The summed E-state index contributed by atoms with van der Waals surface area (Å²) in [5.41, 5.74) is -0.406. The fraction of sp³-hybridized carbons (Fsp3) is 0.300. The molecule has 18 heavy (non-hydrogen) atoms. The Bertz CT molecular complexity index is 450. The molecule has 100 valence electrons. The third-order valence-corrected chi connectivity index (χ3v) is 2.26. The van der Waals surface area contributed by atoms with Crippen molar-refractivity contribution in [3.8, 4) is 0 Å². The molecule has 1 unspecified atom stereocenters. The van der Waals surface area contributed by atoms with E-state index >= 15 is 0 Å². The largest absolute Gasteiger partial charge is 0.480 e. The zero-order valence-corrected chi connectivity index (χ0v) is 9.52. The van der Waals surface area contributed by atoms with Gasteiger partial charge in [-0.05, 0) is 12.1 Å². The van der Waals surface area contributed by atoms with E-state index in [0.717, 1.165) is 12.1 Å². The van der Waals surface area contributed by atoms with Crippen LogP contribution in [0.15, 0.2) is 18.2 Å². The first kappa shape index (κ1) is 14.7. The molecule has 0 saturated heterocycles. The molecule has 1 atom stereocenters. The summed E-state index contributed by atoms with van der Waals surface area (Å²) in [6.45, 7) is -1.54. The van der Waals surface area contributed by atoms with Gasteiger partial charge in [-0.2, -0.15) is 13.2 Å². The molecule has 0 radical (unpaired) electrons. The number of rotatable bonds is 4. The lowest BCUT2D eigenvalue weighted by molar-refractivity contribution is -0.143. The van der Waals surface area contributed by atoms with Gasteiger partial charge in [0.1, 0.15) is 11.9 Å². The van der Waals surface area contributed by atoms with Crippen LogP contribution in [-0.2, 0) is 4.79 Å². The Morgan fingerprint density at radius 2 is 2.06 bits per heavy atom. The first-order chi connectivity index (χ1) is 8.20. The van der Waals surface area contributed by atoms with E-state index in [-0.39, 0.29) is 5.02 Å². The number of carboxylic acid groups (broad SMARTS) is 1. The van der Waals surface area contributed by atoms with Crippen LogP contribution in [0.1, 0.15) is 11.6 Å². The van der Waals surface area contributed by atoms with E-state index in [1.165, 1.54) is 6.07 Å². The summed E-state index contributed by atoms with van der Waals surface area (Å²) in [5, 5.41) is 10.5. The second-order valence-electron chi connectivity index (χ2n) is 3.43. The molecule has 1 aromatic carbocycles. The maximum atomic E-state index is 13.4. The first-order valence-electron chi connectivity index (χ1n) is 4.68. The third-order valence-electron chi connectivity index (χ3n) is 2.03. The molecule has 2 N–H and O–H groups in total. The number of carboxylic acids is 1. The number of benzene rings is 1. The van der Waals surface area contributed by atoms with Crippen molar-refractivity contribution >= 4 is 17.6 Å². The van der Waals surface area contributed by atoms with Gasteiger partial charge in [0.2, 0.25) is 0 Å². The van der Waals surface area contributed by atoms with Crippen molar-refractivity contribution in [2.75, 3.05) is 6.54 Å². The zero-order valence-electron chi connectivity index (χ0n) is 8.76. The van der Waals surface area contributed by atoms with Crippen molar-refractivity contribution in [2.45, 2.75) is 12.2 Å². The summed E-state index contributed by atoms with van der Waals surface area (Å²) in [5.74, 6) is -2.59. The average Bonchev–Trinajstić information content (AvgIpc) is 2.18. The number of hydrogen-bond donors (Lipinski definition) is 2. The first-order valence-corrected chi connectivity index (χ1v) is 5.06. The number of halogens is 5. The monoisotopic (exact) mass is 285 g/mol.